The summed E-state index contributed by atoms with van der Waals surface area (Å²) in [5.74, 6) is 3.94. The zero-order chi connectivity index (χ0) is 37.8. The molecule has 54 heavy (non-hydrogen) atoms. The lowest BCUT2D eigenvalue weighted by Gasteiger charge is -2.34. The van der Waals surface area contributed by atoms with Crippen molar-refractivity contribution in [2.45, 2.75) is 72.3 Å². The molecule has 270 valence electrons. The Morgan fingerprint density at radius 1 is 0.852 bits per heavy atom. The van der Waals surface area contributed by atoms with Crippen LogP contribution in [-0.2, 0) is 17.7 Å². The van der Waals surface area contributed by atoms with E-state index in [-0.39, 0.29) is 5.57 Å². The minimum atomic E-state index is 0.0431. The van der Waals surface area contributed by atoms with Crippen LogP contribution >= 0.6 is 0 Å². The Morgan fingerprint density at radius 3 is 2.19 bits per heavy atom. The van der Waals surface area contributed by atoms with Crippen molar-refractivity contribution >= 4 is 11.3 Å². The van der Waals surface area contributed by atoms with Crippen LogP contribution in [0.15, 0.2) is 144 Å². The number of nitriles is 2. The number of allylic oxidation sites excluding steroid dienone is 8. The summed E-state index contributed by atoms with van der Waals surface area (Å²) >= 11 is 0. The van der Waals surface area contributed by atoms with Gasteiger partial charge in [0.05, 0.1) is 0 Å². The SMILES string of the molecule is CCC(CC(C)C1c2ccccc2Cc2ccccc21)c1ccc(CN(CC)c2ccc3c(c2)O/C(=C/C2=CC(=C(C#N)C#N)C=C(C)O2)C=C3C)cc1. The largest absolute Gasteiger partial charge is 0.462 e. The van der Waals surface area contributed by atoms with E-state index in [0.717, 1.165) is 54.9 Å². The average Bonchev–Trinajstić information content (AvgIpc) is 3.18. The first-order valence-corrected chi connectivity index (χ1v) is 19.1. The number of nitrogens with zero attached hydrogens (tertiary/aromatic N) is 3. The zero-order valence-corrected chi connectivity index (χ0v) is 31.9. The molecule has 5 nitrogen and oxygen atoms in total. The van der Waals surface area contributed by atoms with Crippen LogP contribution in [0.25, 0.3) is 5.57 Å². The zero-order valence-electron chi connectivity index (χ0n) is 31.9. The van der Waals surface area contributed by atoms with Gasteiger partial charge in [0.1, 0.15) is 40.7 Å². The van der Waals surface area contributed by atoms with E-state index < -0.39 is 0 Å². The van der Waals surface area contributed by atoms with Crippen LogP contribution in [0.2, 0.25) is 0 Å². The first kappa shape index (κ1) is 36.3. The van der Waals surface area contributed by atoms with Crippen LogP contribution in [0.4, 0.5) is 5.69 Å². The molecule has 0 saturated carbocycles. The summed E-state index contributed by atoms with van der Waals surface area (Å²) in [4.78, 5) is 2.37. The van der Waals surface area contributed by atoms with E-state index in [0.29, 0.717) is 40.6 Å². The van der Waals surface area contributed by atoms with Gasteiger partial charge in [-0.2, -0.15) is 10.5 Å². The van der Waals surface area contributed by atoms with E-state index in [2.05, 4.69) is 124 Å². The maximum absolute atomic E-state index is 9.38. The van der Waals surface area contributed by atoms with Gasteiger partial charge in [-0.05, 0) is 121 Å². The summed E-state index contributed by atoms with van der Waals surface area (Å²) in [6.07, 6.45) is 10.5. The van der Waals surface area contributed by atoms with Gasteiger partial charge in [-0.3, -0.25) is 0 Å². The van der Waals surface area contributed by atoms with Crippen molar-refractivity contribution in [3.63, 3.8) is 0 Å². The number of benzene rings is 4. The average molecular weight is 710 g/mol. The van der Waals surface area contributed by atoms with Gasteiger partial charge in [0.25, 0.3) is 0 Å². The number of ether oxygens (including phenoxy) is 2. The van der Waals surface area contributed by atoms with Crippen LogP contribution in [0.5, 0.6) is 5.75 Å². The van der Waals surface area contributed by atoms with Gasteiger partial charge < -0.3 is 14.4 Å². The predicted molar refractivity (Wildman–Crippen MR) is 217 cm³/mol. The van der Waals surface area contributed by atoms with Crippen molar-refractivity contribution in [3.05, 3.63) is 183 Å². The standard InChI is InChI=1S/C49H47N3O2/c1-6-36(22-33(4)49-46-14-10-8-12-38(46)25-39-13-9-11-15-47(39)49)37-18-16-35(17-19-37)31-52(7-2)42-20-21-45-32(3)23-43(54-48(45)27-42)28-44-26-40(24-34(5)53-44)41(29-50)30-51/h8-21,23-24,26-28,33,36,49H,6-7,22,25,31H2,1-5H3/b43-28+. The maximum atomic E-state index is 9.38. The Bertz CT molecular complexity index is 2250. The summed E-state index contributed by atoms with van der Waals surface area (Å²) in [5, 5.41) is 18.8. The van der Waals surface area contributed by atoms with Crippen LogP contribution in [0, 0.1) is 28.6 Å². The second-order valence-electron chi connectivity index (χ2n) is 14.7. The molecular formula is C49H47N3O2. The van der Waals surface area contributed by atoms with E-state index in [1.165, 1.54) is 33.4 Å². The maximum Gasteiger partial charge on any atom is 0.137 e. The molecule has 0 saturated heterocycles. The third kappa shape index (κ3) is 7.55. The van der Waals surface area contributed by atoms with E-state index >= 15 is 0 Å². The Kier molecular flexibility index (Phi) is 10.7. The van der Waals surface area contributed by atoms with Crippen molar-refractivity contribution in [1.29, 1.82) is 10.5 Å². The first-order chi connectivity index (χ1) is 26.3. The van der Waals surface area contributed by atoms with Gasteiger partial charge in [0.15, 0.2) is 0 Å². The summed E-state index contributed by atoms with van der Waals surface area (Å²) in [5.41, 5.74) is 12.4. The normalized spacial score (nSPS) is 16.5. The van der Waals surface area contributed by atoms with Crippen LogP contribution in [0.3, 0.4) is 0 Å². The van der Waals surface area contributed by atoms with E-state index in [1.807, 2.05) is 18.2 Å². The topological polar surface area (TPSA) is 69.3 Å². The lowest BCUT2D eigenvalue weighted by atomic mass is 9.70. The Labute approximate surface area is 320 Å². The van der Waals surface area contributed by atoms with Gasteiger partial charge in [-0.25, -0.2) is 0 Å². The number of hydrogen-bond acceptors (Lipinski definition) is 5. The lowest BCUT2D eigenvalue weighted by Crippen LogP contribution is -2.22. The van der Waals surface area contributed by atoms with Crippen molar-refractivity contribution in [2.24, 2.45) is 5.92 Å². The molecule has 0 amide bonds. The molecule has 1 aliphatic carbocycles. The van der Waals surface area contributed by atoms with E-state index in [4.69, 9.17) is 9.47 Å². The molecule has 4 aromatic carbocycles. The lowest BCUT2D eigenvalue weighted by molar-refractivity contribution is 0.313. The minimum absolute atomic E-state index is 0.0431. The molecule has 7 rings (SSSR count). The summed E-state index contributed by atoms with van der Waals surface area (Å²) in [6.45, 7) is 12.5. The third-order valence-corrected chi connectivity index (χ3v) is 11.2. The van der Waals surface area contributed by atoms with Crippen molar-refractivity contribution in [1.82, 2.24) is 0 Å². The van der Waals surface area contributed by atoms with Gasteiger partial charge in [-0.15, -0.1) is 0 Å². The number of hydrogen-bond donors (Lipinski definition) is 0. The molecule has 0 fully saturated rings. The highest BCUT2D eigenvalue weighted by Gasteiger charge is 2.31. The molecule has 2 aliphatic heterocycles. The molecular weight excluding hydrogens is 663 g/mol. The molecule has 0 radical (unpaired) electrons. The van der Waals surface area contributed by atoms with E-state index in [9.17, 15) is 10.5 Å². The fourth-order valence-corrected chi connectivity index (χ4v) is 8.41. The summed E-state index contributed by atoms with van der Waals surface area (Å²) < 4.78 is 12.3. The molecule has 0 aromatic heterocycles. The minimum Gasteiger partial charge on any atom is -0.462 e. The van der Waals surface area contributed by atoms with Gasteiger partial charge in [0, 0.05) is 48.0 Å². The molecule has 2 unspecified atom stereocenters. The van der Waals surface area contributed by atoms with Crippen molar-refractivity contribution in [2.75, 3.05) is 11.4 Å². The second-order valence-corrected chi connectivity index (χ2v) is 14.7. The molecule has 3 aliphatic rings. The molecule has 2 atom stereocenters. The van der Waals surface area contributed by atoms with Crippen LogP contribution in [0.1, 0.15) is 98.2 Å². The predicted octanol–water partition coefficient (Wildman–Crippen LogP) is 11.8. The summed E-state index contributed by atoms with van der Waals surface area (Å²) in [6, 6.07) is 37.8. The van der Waals surface area contributed by atoms with Gasteiger partial charge in [0.2, 0.25) is 0 Å². The molecule has 0 bridgehead atoms. The number of rotatable bonds is 10. The molecule has 5 heteroatoms. The molecule has 0 spiro atoms. The smallest absolute Gasteiger partial charge is 0.137 e. The highest BCUT2D eigenvalue weighted by molar-refractivity contribution is 5.76. The fourth-order valence-electron chi connectivity index (χ4n) is 8.41. The highest BCUT2D eigenvalue weighted by Crippen LogP contribution is 2.44. The van der Waals surface area contributed by atoms with Crippen LogP contribution < -0.4 is 9.64 Å². The fraction of sp³-hybridized carbons (Fsp3) is 0.265. The molecule has 4 aromatic rings. The van der Waals surface area contributed by atoms with Gasteiger partial charge in [-0.1, -0.05) is 86.6 Å². The van der Waals surface area contributed by atoms with E-state index in [1.54, 1.807) is 25.2 Å². The Morgan fingerprint density at radius 2 is 1.54 bits per heavy atom. The first-order valence-electron chi connectivity index (χ1n) is 19.1. The Balaban J connectivity index is 1.06. The second kappa shape index (κ2) is 15.9. The molecule has 2 heterocycles. The number of anilines is 1. The third-order valence-electron chi connectivity index (χ3n) is 11.2. The molecule has 0 N–H and O–H groups in total. The quantitative estimate of drug-likeness (QED) is 0.153. The summed E-state index contributed by atoms with van der Waals surface area (Å²) in [7, 11) is 0. The monoisotopic (exact) mass is 709 g/mol. The Hall–Kier alpha value is -6.04. The van der Waals surface area contributed by atoms with Crippen LogP contribution in [-0.4, -0.2) is 6.54 Å². The highest BCUT2D eigenvalue weighted by atomic mass is 16.5. The van der Waals surface area contributed by atoms with Gasteiger partial charge >= 0.3 is 0 Å². The van der Waals surface area contributed by atoms with Crippen molar-refractivity contribution < 1.29 is 9.47 Å². The number of fused-ring (bicyclic) bond motifs is 3. The van der Waals surface area contributed by atoms with Crippen molar-refractivity contribution in [3.8, 4) is 17.9 Å².